The number of aliphatic carboxylic acids is 1. The number of carbonyl (C=O) groups excluding carboxylic acids is 2. The summed E-state index contributed by atoms with van der Waals surface area (Å²) in [5.74, 6) is -2.57. The van der Waals surface area contributed by atoms with E-state index in [-0.39, 0.29) is 30.1 Å². The Morgan fingerprint density at radius 3 is 2.40 bits per heavy atom. The lowest BCUT2D eigenvalue weighted by Crippen LogP contribution is -2.41. The molecule has 3 rings (SSSR count). The van der Waals surface area contributed by atoms with Crippen molar-refractivity contribution >= 4 is 40.2 Å². The third-order valence-electron chi connectivity index (χ3n) is 5.42. The first-order valence-corrected chi connectivity index (χ1v) is 9.99. The summed E-state index contributed by atoms with van der Waals surface area (Å²) < 4.78 is 5.60. The molecule has 0 bridgehead atoms. The summed E-state index contributed by atoms with van der Waals surface area (Å²) in [5.41, 5.74) is 0.233. The van der Waals surface area contributed by atoms with Crippen molar-refractivity contribution in [3.63, 3.8) is 0 Å². The number of carbonyl (C=O) groups is 3. The molecule has 0 fully saturated rings. The summed E-state index contributed by atoms with van der Waals surface area (Å²) in [6.45, 7) is 5.10. The van der Waals surface area contributed by atoms with Gasteiger partial charge in [-0.05, 0) is 44.0 Å². The molecule has 1 heterocycles. The molecule has 3 aromatic rings. The van der Waals surface area contributed by atoms with E-state index in [4.69, 9.17) is 16.3 Å². The molecule has 30 heavy (non-hydrogen) atoms. The largest absolute Gasteiger partial charge is 0.480 e. The number of ketones is 1. The minimum Gasteiger partial charge on any atom is -0.480 e. The lowest BCUT2D eigenvalue weighted by Gasteiger charge is -2.24. The average Bonchev–Trinajstić information content (AvgIpc) is 3.06. The summed E-state index contributed by atoms with van der Waals surface area (Å²) in [4.78, 5) is 41.0. The molecule has 0 amide bonds. The Morgan fingerprint density at radius 1 is 1.10 bits per heavy atom. The molecule has 0 unspecified atom stereocenters. The molecule has 156 valence electrons. The Labute approximate surface area is 178 Å². The van der Waals surface area contributed by atoms with E-state index in [9.17, 15) is 19.5 Å². The first-order chi connectivity index (χ1) is 14.2. The lowest BCUT2D eigenvalue weighted by molar-refractivity contribution is -0.163. The second-order valence-electron chi connectivity index (χ2n) is 7.20. The highest BCUT2D eigenvalue weighted by atomic mass is 35.5. The zero-order valence-electron chi connectivity index (χ0n) is 16.9. The summed E-state index contributed by atoms with van der Waals surface area (Å²) in [5, 5.41) is 10.5. The number of aromatic nitrogens is 1. The van der Waals surface area contributed by atoms with Gasteiger partial charge in [-0.15, -0.1) is 0 Å². The standard InChI is InChI=1S/C23H22ClNO5/c1-4-23(5-2,21(27)28)22(29)30-20-16-12-15(24)9-10-17(16)25-18(20)19(26)14-8-6-7-13(3)11-14/h6-12,25H,4-5H2,1-3H3,(H,27,28). The van der Waals surface area contributed by atoms with E-state index in [0.717, 1.165) is 5.56 Å². The molecule has 6 nitrogen and oxygen atoms in total. The van der Waals surface area contributed by atoms with Gasteiger partial charge in [-0.1, -0.05) is 49.2 Å². The molecule has 2 aromatic carbocycles. The molecule has 0 saturated heterocycles. The van der Waals surface area contributed by atoms with Gasteiger partial charge in [0.05, 0.1) is 0 Å². The van der Waals surface area contributed by atoms with Gasteiger partial charge in [0.15, 0.2) is 11.2 Å². The minimum absolute atomic E-state index is 0.0171. The quantitative estimate of drug-likeness (QED) is 0.308. The van der Waals surface area contributed by atoms with Gasteiger partial charge in [-0.3, -0.25) is 14.4 Å². The number of esters is 1. The number of hydrogen-bond acceptors (Lipinski definition) is 4. The van der Waals surface area contributed by atoms with E-state index in [2.05, 4.69) is 4.98 Å². The summed E-state index contributed by atoms with van der Waals surface area (Å²) in [7, 11) is 0. The maximum atomic E-state index is 13.2. The zero-order valence-corrected chi connectivity index (χ0v) is 17.7. The zero-order chi connectivity index (χ0) is 22.1. The van der Waals surface area contributed by atoms with Crippen molar-refractivity contribution < 1.29 is 24.2 Å². The first-order valence-electron chi connectivity index (χ1n) is 9.61. The van der Waals surface area contributed by atoms with E-state index in [1.165, 1.54) is 0 Å². The maximum Gasteiger partial charge on any atom is 0.328 e. The monoisotopic (exact) mass is 427 g/mol. The third kappa shape index (κ3) is 3.71. The molecule has 0 radical (unpaired) electrons. The SMILES string of the molecule is CCC(CC)(C(=O)O)C(=O)Oc1c(C(=O)c2cccc(C)c2)[nH]c2ccc(Cl)cc12. The van der Waals surface area contributed by atoms with E-state index in [1.807, 2.05) is 13.0 Å². The van der Waals surface area contributed by atoms with Gasteiger partial charge in [0.1, 0.15) is 5.69 Å². The average molecular weight is 428 g/mol. The van der Waals surface area contributed by atoms with Crippen LogP contribution in [0.25, 0.3) is 10.9 Å². The number of benzene rings is 2. The van der Waals surface area contributed by atoms with Crippen LogP contribution in [-0.4, -0.2) is 27.8 Å². The first kappa shape index (κ1) is 21.6. The Balaban J connectivity index is 2.16. The van der Waals surface area contributed by atoms with Crippen molar-refractivity contribution in [1.82, 2.24) is 4.98 Å². The second-order valence-corrected chi connectivity index (χ2v) is 7.64. The number of ether oxygens (including phenoxy) is 1. The van der Waals surface area contributed by atoms with Crippen molar-refractivity contribution in [3.8, 4) is 5.75 Å². The summed E-state index contributed by atoms with van der Waals surface area (Å²) in [6.07, 6.45) is 0.115. The highest BCUT2D eigenvalue weighted by Crippen LogP contribution is 2.37. The molecular formula is C23H22ClNO5. The van der Waals surface area contributed by atoms with Crippen LogP contribution in [0.2, 0.25) is 5.02 Å². The molecule has 7 heteroatoms. The van der Waals surface area contributed by atoms with Gasteiger partial charge in [0, 0.05) is 21.5 Å². The molecule has 0 aliphatic heterocycles. The van der Waals surface area contributed by atoms with E-state index in [0.29, 0.717) is 21.5 Å². The number of fused-ring (bicyclic) bond motifs is 1. The maximum absolute atomic E-state index is 13.2. The van der Waals surface area contributed by atoms with Crippen LogP contribution in [0, 0.1) is 12.3 Å². The van der Waals surface area contributed by atoms with Gasteiger partial charge in [-0.2, -0.15) is 0 Å². The predicted molar refractivity (Wildman–Crippen MR) is 114 cm³/mol. The van der Waals surface area contributed by atoms with Gasteiger partial charge in [0.2, 0.25) is 5.78 Å². The fraction of sp³-hybridized carbons (Fsp3) is 0.261. The molecule has 0 aliphatic carbocycles. The highest BCUT2D eigenvalue weighted by Gasteiger charge is 2.45. The van der Waals surface area contributed by atoms with Gasteiger partial charge in [0.25, 0.3) is 0 Å². The fourth-order valence-electron chi connectivity index (χ4n) is 3.45. The Bertz CT molecular complexity index is 1140. The predicted octanol–water partition coefficient (Wildman–Crippen LogP) is 5.16. The lowest BCUT2D eigenvalue weighted by atomic mass is 9.82. The Morgan fingerprint density at radius 2 is 1.80 bits per heavy atom. The number of halogens is 1. The number of aryl methyl sites for hydroxylation is 1. The number of aromatic amines is 1. The number of carboxylic acid groups (broad SMARTS) is 1. The van der Waals surface area contributed by atoms with Crippen LogP contribution in [0.5, 0.6) is 5.75 Å². The van der Waals surface area contributed by atoms with Crippen LogP contribution in [0.3, 0.4) is 0 Å². The van der Waals surface area contributed by atoms with Crippen LogP contribution in [0.15, 0.2) is 42.5 Å². The van der Waals surface area contributed by atoms with Crippen molar-refractivity contribution in [2.75, 3.05) is 0 Å². The van der Waals surface area contributed by atoms with E-state index < -0.39 is 17.4 Å². The van der Waals surface area contributed by atoms with Crippen molar-refractivity contribution in [2.45, 2.75) is 33.6 Å². The summed E-state index contributed by atoms with van der Waals surface area (Å²) in [6, 6.07) is 11.9. The van der Waals surface area contributed by atoms with Crippen LogP contribution in [0.1, 0.15) is 48.3 Å². The molecule has 2 N–H and O–H groups in total. The molecule has 1 aromatic heterocycles. The number of nitrogens with one attached hydrogen (secondary N) is 1. The number of hydrogen-bond donors (Lipinski definition) is 2. The normalized spacial score (nSPS) is 11.5. The molecule has 0 aliphatic rings. The molecular weight excluding hydrogens is 406 g/mol. The van der Waals surface area contributed by atoms with E-state index >= 15 is 0 Å². The Kier molecular flexibility index (Phi) is 5.99. The van der Waals surface area contributed by atoms with Crippen LogP contribution in [-0.2, 0) is 9.59 Å². The molecule has 0 spiro atoms. The van der Waals surface area contributed by atoms with Gasteiger partial charge < -0.3 is 14.8 Å². The number of carboxylic acids is 1. The smallest absolute Gasteiger partial charge is 0.328 e. The third-order valence-corrected chi connectivity index (χ3v) is 5.66. The fourth-order valence-corrected chi connectivity index (χ4v) is 3.63. The van der Waals surface area contributed by atoms with E-state index in [1.54, 1.807) is 50.2 Å². The second kappa shape index (κ2) is 8.32. The number of rotatable bonds is 7. The van der Waals surface area contributed by atoms with Gasteiger partial charge >= 0.3 is 11.9 Å². The highest BCUT2D eigenvalue weighted by molar-refractivity contribution is 6.31. The number of H-pyrrole nitrogens is 1. The Hall–Kier alpha value is -3.12. The van der Waals surface area contributed by atoms with Crippen LogP contribution >= 0.6 is 11.6 Å². The van der Waals surface area contributed by atoms with Crippen molar-refractivity contribution in [2.24, 2.45) is 5.41 Å². The van der Waals surface area contributed by atoms with Crippen molar-refractivity contribution in [1.29, 1.82) is 0 Å². The topological polar surface area (TPSA) is 96.5 Å². The van der Waals surface area contributed by atoms with Crippen molar-refractivity contribution in [3.05, 3.63) is 64.3 Å². The molecule has 0 saturated carbocycles. The summed E-state index contributed by atoms with van der Waals surface area (Å²) >= 11 is 6.12. The van der Waals surface area contributed by atoms with Crippen LogP contribution in [0.4, 0.5) is 0 Å². The van der Waals surface area contributed by atoms with Crippen LogP contribution < -0.4 is 4.74 Å². The van der Waals surface area contributed by atoms with Gasteiger partial charge in [-0.25, -0.2) is 0 Å². The minimum atomic E-state index is -1.70. The molecule has 0 atom stereocenters.